The molecule has 0 atom stereocenters. The van der Waals surface area contributed by atoms with E-state index < -0.39 is 0 Å². The second-order valence-electron chi connectivity index (χ2n) is 7.64. The second kappa shape index (κ2) is 8.07. The lowest BCUT2D eigenvalue weighted by atomic mass is 9.88. The summed E-state index contributed by atoms with van der Waals surface area (Å²) in [6.07, 6.45) is 6.26. The van der Waals surface area contributed by atoms with Crippen LogP contribution in [0, 0.1) is 0 Å². The zero-order valence-corrected chi connectivity index (χ0v) is 16.5. The first kappa shape index (κ1) is 18.6. The van der Waals surface area contributed by atoms with Crippen LogP contribution >= 0.6 is 0 Å². The highest BCUT2D eigenvalue weighted by molar-refractivity contribution is 6.08. The summed E-state index contributed by atoms with van der Waals surface area (Å²) >= 11 is 0. The average Bonchev–Trinajstić information content (AvgIpc) is 2.73. The van der Waals surface area contributed by atoms with Gasteiger partial charge in [0.2, 0.25) is 0 Å². The van der Waals surface area contributed by atoms with Crippen molar-refractivity contribution in [1.29, 1.82) is 0 Å². The molecule has 1 N–H and O–H groups in total. The molecule has 3 aromatic rings. The number of benzene rings is 1. The van der Waals surface area contributed by atoms with Crippen molar-refractivity contribution < 1.29 is 4.79 Å². The number of nitrogens with zero attached hydrogens (tertiary/aromatic N) is 3. The molecule has 0 fully saturated rings. The molecule has 2 heterocycles. The van der Waals surface area contributed by atoms with Crippen molar-refractivity contribution in [3.8, 4) is 11.4 Å². The minimum Gasteiger partial charge on any atom is -0.351 e. The van der Waals surface area contributed by atoms with Crippen molar-refractivity contribution in [3.63, 3.8) is 0 Å². The van der Waals surface area contributed by atoms with Gasteiger partial charge < -0.3 is 10.2 Å². The van der Waals surface area contributed by atoms with E-state index >= 15 is 0 Å². The molecule has 1 amide bonds. The number of carbonyl (C=O) groups is 1. The molecular formula is C23H26N4O. The predicted molar refractivity (Wildman–Crippen MR) is 113 cm³/mol. The van der Waals surface area contributed by atoms with Gasteiger partial charge in [-0.1, -0.05) is 18.2 Å². The van der Waals surface area contributed by atoms with E-state index in [4.69, 9.17) is 4.98 Å². The third-order valence-electron chi connectivity index (χ3n) is 5.32. The van der Waals surface area contributed by atoms with Gasteiger partial charge in [-0.15, -0.1) is 0 Å². The summed E-state index contributed by atoms with van der Waals surface area (Å²) in [7, 11) is 4.00. The lowest BCUT2D eigenvalue weighted by Crippen LogP contribution is -2.31. The summed E-state index contributed by atoms with van der Waals surface area (Å²) in [6, 6.07) is 11.9. The lowest BCUT2D eigenvalue weighted by molar-refractivity contribution is 0.0952. The number of nitrogens with one attached hydrogen (secondary N) is 1. The summed E-state index contributed by atoms with van der Waals surface area (Å²) in [5, 5.41) is 3.99. The standard InChI is InChI=1S/C23H26N4O/c1-27(2)14-13-25-23(28)19-15-21(20-9-5-6-12-24-20)26-22-17-8-4-3-7-16(17)10-11-18(19)22/h5-6,9-12,15H,3-4,7-8,13-14H2,1-2H3,(H,25,28). The quantitative estimate of drug-likeness (QED) is 0.743. The SMILES string of the molecule is CN(C)CCNC(=O)c1cc(-c2ccccn2)nc2c3c(ccc12)CCCC3. The molecule has 5 nitrogen and oxygen atoms in total. The maximum Gasteiger partial charge on any atom is 0.252 e. The summed E-state index contributed by atoms with van der Waals surface area (Å²) in [4.78, 5) is 24.5. The van der Waals surface area contributed by atoms with Gasteiger partial charge >= 0.3 is 0 Å². The first-order valence-electron chi connectivity index (χ1n) is 9.93. The van der Waals surface area contributed by atoms with E-state index in [9.17, 15) is 4.79 Å². The van der Waals surface area contributed by atoms with Crippen LogP contribution in [0.3, 0.4) is 0 Å². The smallest absolute Gasteiger partial charge is 0.252 e. The van der Waals surface area contributed by atoms with Crippen molar-refractivity contribution in [2.45, 2.75) is 25.7 Å². The van der Waals surface area contributed by atoms with E-state index in [0.717, 1.165) is 41.7 Å². The van der Waals surface area contributed by atoms with Crippen molar-refractivity contribution in [1.82, 2.24) is 20.2 Å². The van der Waals surface area contributed by atoms with Crippen LogP contribution in [0.15, 0.2) is 42.6 Å². The number of likely N-dealkylation sites (N-methyl/N-ethyl adjacent to an activating group) is 1. The van der Waals surface area contributed by atoms with Crippen LogP contribution in [-0.2, 0) is 12.8 Å². The topological polar surface area (TPSA) is 58.1 Å². The van der Waals surface area contributed by atoms with Crippen LogP contribution < -0.4 is 5.32 Å². The molecule has 0 unspecified atom stereocenters. The van der Waals surface area contributed by atoms with Crippen molar-refractivity contribution in [3.05, 3.63) is 59.3 Å². The third kappa shape index (κ3) is 3.76. The Labute approximate surface area is 165 Å². The molecule has 5 heteroatoms. The van der Waals surface area contributed by atoms with Crippen LogP contribution in [-0.4, -0.2) is 48.0 Å². The Morgan fingerprint density at radius 3 is 2.75 bits per heavy atom. The maximum absolute atomic E-state index is 13.0. The fraction of sp³-hybridized carbons (Fsp3) is 0.348. The number of rotatable bonds is 5. The number of hydrogen-bond acceptors (Lipinski definition) is 4. The maximum atomic E-state index is 13.0. The highest BCUT2D eigenvalue weighted by Crippen LogP contribution is 2.31. The number of fused-ring (bicyclic) bond motifs is 3. The van der Waals surface area contributed by atoms with E-state index in [1.54, 1.807) is 6.20 Å². The number of hydrogen-bond donors (Lipinski definition) is 1. The number of aryl methyl sites for hydroxylation is 2. The molecule has 1 aromatic carbocycles. The summed E-state index contributed by atoms with van der Waals surface area (Å²) in [6.45, 7) is 1.41. The Morgan fingerprint density at radius 1 is 1.11 bits per heavy atom. The molecule has 0 bridgehead atoms. The monoisotopic (exact) mass is 374 g/mol. The van der Waals surface area contributed by atoms with Crippen molar-refractivity contribution in [2.24, 2.45) is 0 Å². The molecule has 1 aliphatic rings. The molecule has 144 valence electrons. The van der Waals surface area contributed by atoms with Gasteiger partial charge in [-0.25, -0.2) is 4.98 Å². The highest BCUT2D eigenvalue weighted by Gasteiger charge is 2.19. The fourth-order valence-electron chi connectivity index (χ4n) is 3.84. The van der Waals surface area contributed by atoms with Gasteiger partial charge in [0, 0.05) is 24.7 Å². The number of carbonyl (C=O) groups excluding carboxylic acids is 1. The molecule has 0 spiro atoms. The summed E-state index contributed by atoms with van der Waals surface area (Å²) in [5.41, 5.74) is 5.84. The zero-order chi connectivity index (χ0) is 19.5. The molecule has 2 aromatic heterocycles. The third-order valence-corrected chi connectivity index (χ3v) is 5.32. The highest BCUT2D eigenvalue weighted by atomic mass is 16.1. The first-order chi connectivity index (χ1) is 13.6. The number of aromatic nitrogens is 2. The van der Waals surface area contributed by atoms with Crippen molar-refractivity contribution >= 4 is 16.8 Å². The van der Waals surface area contributed by atoms with Crippen LogP contribution in [0.4, 0.5) is 0 Å². The van der Waals surface area contributed by atoms with Gasteiger partial charge in [0.1, 0.15) is 0 Å². The lowest BCUT2D eigenvalue weighted by Gasteiger charge is -2.19. The van der Waals surface area contributed by atoms with E-state index in [1.165, 1.54) is 24.0 Å². The second-order valence-corrected chi connectivity index (χ2v) is 7.64. The molecule has 0 saturated heterocycles. The molecule has 0 radical (unpaired) electrons. The summed E-state index contributed by atoms with van der Waals surface area (Å²) < 4.78 is 0. The van der Waals surface area contributed by atoms with Gasteiger partial charge in [0.05, 0.1) is 22.5 Å². The van der Waals surface area contributed by atoms with Crippen molar-refractivity contribution in [2.75, 3.05) is 27.2 Å². The molecule has 0 saturated carbocycles. The molecular weight excluding hydrogens is 348 g/mol. The number of pyridine rings is 2. The van der Waals surface area contributed by atoms with Gasteiger partial charge in [-0.05, 0) is 69.1 Å². The minimum atomic E-state index is -0.0535. The van der Waals surface area contributed by atoms with E-state index in [-0.39, 0.29) is 5.91 Å². The summed E-state index contributed by atoms with van der Waals surface area (Å²) in [5.74, 6) is -0.0535. The number of amides is 1. The Balaban J connectivity index is 1.83. The zero-order valence-electron chi connectivity index (χ0n) is 16.5. The van der Waals surface area contributed by atoms with Gasteiger partial charge in [0.25, 0.3) is 5.91 Å². The van der Waals surface area contributed by atoms with Crippen LogP contribution in [0.2, 0.25) is 0 Å². The molecule has 28 heavy (non-hydrogen) atoms. The molecule has 4 rings (SSSR count). The predicted octanol–water partition coefficient (Wildman–Crippen LogP) is 3.47. The average molecular weight is 374 g/mol. The first-order valence-corrected chi connectivity index (χ1v) is 9.93. The van der Waals surface area contributed by atoms with Gasteiger partial charge in [-0.2, -0.15) is 0 Å². The van der Waals surface area contributed by atoms with E-state index in [0.29, 0.717) is 12.1 Å². The van der Waals surface area contributed by atoms with E-state index in [2.05, 4.69) is 27.3 Å². The van der Waals surface area contributed by atoms with Crippen LogP contribution in [0.5, 0.6) is 0 Å². The van der Waals surface area contributed by atoms with Crippen LogP contribution in [0.25, 0.3) is 22.3 Å². The molecule has 1 aliphatic carbocycles. The Kier molecular flexibility index (Phi) is 5.35. The van der Waals surface area contributed by atoms with E-state index in [1.807, 2.05) is 38.4 Å². The molecule has 0 aliphatic heterocycles. The minimum absolute atomic E-state index is 0.0535. The Morgan fingerprint density at radius 2 is 1.96 bits per heavy atom. The Hall–Kier alpha value is -2.79. The largest absolute Gasteiger partial charge is 0.351 e. The fourth-order valence-corrected chi connectivity index (χ4v) is 3.84. The van der Waals surface area contributed by atoms with Crippen LogP contribution in [0.1, 0.15) is 34.3 Å². The Bertz CT molecular complexity index is 998. The van der Waals surface area contributed by atoms with Gasteiger partial charge in [-0.3, -0.25) is 9.78 Å². The normalized spacial score (nSPS) is 13.5. The van der Waals surface area contributed by atoms with Gasteiger partial charge in [0.15, 0.2) is 0 Å².